The number of carbonyl (C=O) groups excluding carboxylic acids is 1. The van der Waals surface area contributed by atoms with Gasteiger partial charge in [-0.05, 0) is 29.8 Å². The van der Waals surface area contributed by atoms with Crippen LogP contribution >= 0.6 is 0 Å². The second-order valence-corrected chi connectivity index (χ2v) is 9.10. The molecule has 0 unspecified atom stereocenters. The van der Waals surface area contributed by atoms with E-state index in [4.69, 9.17) is 4.74 Å². The largest absolute Gasteiger partial charge is 0.394 e. The molecule has 196 valence electrons. The lowest BCUT2D eigenvalue weighted by Crippen LogP contribution is -2.61. The molecule has 5 rings (SSSR count). The zero-order valence-electron chi connectivity index (χ0n) is 20.3. The lowest BCUT2D eigenvalue weighted by atomic mass is 9.94. The Kier molecular flexibility index (Phi) is 7.57. The number of rotatable bonds is 7. The van der Waals surface area contributed by atoms with E-state index >= 15 is 0 Å². The zero-order chi connectivity index (χ0) is 26.6. The van der Waals surface area contributed by atoms with Gasteiger partial charge in [0.15, 0.2) is 6.23 Å². The molecule has 1 fully saturated rings. The molecule has 3 aromatic carbocycles. The molecule has 2 heterocycles. The maximum atomic E-state index is 13.8. The van der Waals surface area contributed by atoms with Gasteiger partial charge in [-0.1, -0.05) is 65.9 Å². The van der Waals surface area contributed by atoms with Crippen LogP contribution in [-0.4, -0.2) is 72.3 Å². The van der Waals surface area contributed by atoms with E-state index in [1.807, 2.05) is 30.3 Å². The molecule has 1 aliphatic rings. The van der Waals surface area contributed by atoms with Gasteiger partial charge in [0.25, 0.3) is 5.91 Å². The second-order valence-electron chi connectivity index (χ2n) is 9.10. The summed E-state index contributed by atoms with van der Waals surface area (Å²) in [6, 6.07) is 22.5. The van der Waals surface area contributed by atoms with Gasteiger partial charge in [-0.2, -0.15) is 0 Å². The van der Waals surface area contributed by atoms with Crippen LogP contribution in [0.3, 0.4) is 0 Å². The van der Waals surface area contributed by atoms with Crippen molar-refractivity contribution in [2.24, 2.45) is 0 Å². The number of halogens is 1. The molecule has 0 aliphatic carbocycles. The van der Waals surface area contributed by atoms with Crippen LogP contribution < -0.4 is 0 Å². The Hall–Kier alpha value is -3.96. The van der Waals surface area contributed by atoms with Crippen molar-refractivity contribution < 1.29 is 29.2 Å². The van der Waals surface area contributed by atoms with Crippen LogP contribution in [0.1, 0.15) is 22.0 Å². The van der Waals surface area contributed by atoms with Crippen LogP contribution in [0.15, 0.2) is 91.1 Å². The van der Waals surface area contributed by atoms with Crippen LogP contribution in [0, 0.1) is 5.82 Å². The molecule has 1 aliphatic heterocycles. The van der Waals surface area contributed by atoms with Crippen molar-refractivity contribution in [2.75, 3.05) is 6.61 Å². The smallest absolute Gasteiger partial charge is 0.256 e. The Balaban J connectivity index is 1.51. The molecule has 5 atom stereocenters. The summed E-state index contributed by atoms with van der Waals surface area (Å²) in [4.78, 5) is 15.1. The standard InChI is InChI=1S/C28H27FN4O5/c29-21-13-7-12-20(14-21)22-16-33(31-30-22)24-25(35)23(17-34)38-28(26(24)36)32(15-18-8-3-1-4-9-18)27(37)19-10-5-2-6-11-19/h1-14,16,23-26,28,34-36H,15,17H2/t23-,24+,25+,26-,28-/m1/s1. The topological polar surface area (TPSA) is 121 Å². The fraction of sp³-hybridized carbons (Fsp3) is 0.250. The Morgan fingerprint density at radius 1 is 0.974 bits per heavy atom. The van der Waals surface area contributed by atoms with Crippen molar-refractivity contribution in [3.8, 4) is 11.3 Å². The van der Waals surface area contributed by atoms with Crippen molar-refractivity contribution in [2.45, 2.75) is 37.1 Å². The molecule has 10 heteroatoms. The first-order valence-corrected chi connectivity index (χ1v) is 12.2. The van der Waals surface area contributed by atoms with Crippen LogP contribution in [0.2, 0.25) is 0 Å². The normalized spacial score (nSPS) is 23.2. The Labute approximate surface area is 218 Å². The predicted molar refractivity (Wildman–Crippen MR) is 135 cm³/mol. The number of ether oxygens (including phenoxy) is 1. The van der Waals surface area contributed by atoms with Gasteiger partial charge in [0.1, 0.15) is 35.9 Å². The maximum Gasteiger partial charge on any atom is 0.256 e. The van der Waals surface area contributed by atoms with E-state index < -0.39 is 48.9 Å². The highest BCUT2D eigenvalue weighted by Crippen LogP contribution is 2.33. The molecule has 1 amide bonds. The fourth-order valence-electron chi connectivity index (χ4n) is 4.66. The van der Waals surface area contributed by atoms with E-state index in [9.17, 15) is 24.5 Å². The van der Waals surface area contributed by atoms with Gasteiger partial charge in [-0.3, -0.25) is 4.79 Å². The van der Waals surface area contributed by atoms with Gasteiger partial charge >= 0.3 is 0 Å². The number of aliphatic hydroxyl groups is 3. The quantitative estimate of drug-likeness (QED) is 0.344. The fourth-order valence-corrected chi connectivity index (χ4v) is 4.66. The third-order valence-electron chi connectivity index (χ3n) is 6.59. The highest BCUT2D eigenvalue weighted by molar-refractivity contribution is 5.94. The molecular formula is C28H27FN4O5. The highest BCUT2D eigenvalue weighted by atomic mass is 19.1. The van der Waals surface area contributed by atoms with E-state index in [1.54, 1.807) is 36.4 Å². The van der Waals surface area contributed by atoms with Crippen molar-refractivity contribution in [3.05, 3.63) is 108 Å². The van der Waals surface area contributed by atoms with E-state index in [1.165, 1.54) is 34.0 Å². The number of amides is 1. The van der Waals surface area contributed by atoms with Crippen molar-refractivity contribution in [1.29, 1.82) is 0 Å². The molecule has 0 bridgehead atoms. The number of aliphatic hydroxyl groups excluding tert-OH is 3. The summed E-state index contributed by atoms with van der Waals surface area (Å²) in [7, 11) is 0. The summed E-state index contributed by atoms with van der Waals surface area (Å²) in [6.45, 7) is -0.464. The SMILES string of the molecule is O=C(c1ccccc1)N(Cc1ccccc1)[C@@H]1O[C@H](CO)[C@H](O)[C@H](n2cc(-c3cccc(F)c3)nn2)[C@H]1O. The average Bonchev–Trinajstić information content (AvgIpc) is 3.43. The summed E-state index contributed by atoms with van der Waals surface area (Å²) >= 11 is 0. The predicted octanol–water partition coefficient (Wildman–Crippen LogP) is 2.41. The highest BCUT2D eigenvalue weighted by Gasteiger charge is 2.49. The first-order chi connectivity index (χ1) is 18.5. The van der Waals surface area contributed by atoms with E-state index in [-0.39, 0.29) is 6.54 Å². The van der Waals surface area contributed by atoms with E-state index in [0.29, 0.717) is 16.8 Å². The Morgan fingerprint density at radius 2 is 1.68 bits per heavy atom. The minimum absolute atomic E-state index is 0.100. The molecule has 0 spiro atoms. The van der Waals surface area contributed by atoms with Gasteiger partial charge in [0.05, 0.1) is 12.8 Å². The van der Waals surface area contributed by atoms with Gasteiger partial charge in [0, 0.05) is 17.7 Å². The first kappa shape index (κ1) is 25.7. The number of carbonyl (C=O) groups is 1. The first-order valence-electron chi connectivity index (χ1n) is 12.2. The lowest BCUT2D eigenvalue weighted by Gasteiger charge is -2.46. The van der Waals surface area contributed by atoms with E-state index in [2.05, 4.69) is 10.3 Å². The molecule has 0 saturated carbocycles. The third kappa shape index (κ3) is 5.20. The summed E-state index contributed by atoms with van der Waals surface area (Å²) < 4.78 is 21.0. The van der Waals surface area contributed by atoms with Gasteiger partial charge < -0.3 is 25.0 Å². The Morgan fingerprint density at radius 3 is 2.37 bits per heavy atom. The zero-order valence-corrected chi connectivity index (χ0v) is 20.3. The maximum absolute atomic E-state index is 13.8. The summed E-state index contributed by atoms with van der Waals surface area (Å²) in [5.74, 6) is -0.844. The second kappa shape index (κ2) is 11.2. The lowest BCUT2D eigenvalue weighted by molar-refractivity contribution is -0.239. The number of hydrogen-bond donors (Lipinski definition) is 3. The average molecular weight is 519 g/mol. The van der Waals surface area contributed by atoms with Gasteiger partial charge in [-0.25, -0.2) is 9.07 Å². The number of nitrogens with zero attached hydrogens (tertiary/aromatic N) is 4. The van der Waals surface area contributed by atoms with Crippen LogP contribution in [-0.2, 0) is 11.3 Å². The minimum atomic E-state index is -1.45. The molecule has 1 saturated heterocycles. The van der Waals surface area contributed by atoms with Crippen LogP contribution in [0.5, 0.6) is 0 Å². The molecule has 0 radical (unpaired) electrons. The molecule has 3 N–H and O–H groups in total. The summed E-state index contributed by atoms with van der Waals surface area (Å²) in [5, 5.41) is 40.7. The number of benzene rings is 3. The van der Waals surface area contributed by atoms with Crippen molar-refractivity contribution >= 4 is 5.91 Å². The van der Waals surface area contributed by atoms with Crippen LogP contribution in [0.4, 0.5) is 4.39 Å². The third-order valence-corrected chi connectivity index (χ3v) is 6.59. The monoisotopic (exact) mass is 518 g/mol. The number of aromatic nitrogens is 3. The Bertz CT molecular complexity index is 1370. The minimum Gasteiger partial charge on any atom is -0.394 e. The summed E-state index contributed by atoms with van der Waals surface area (Å²) in [5.41, 5.74) is 1.98. The van der Waals surface area contributed by atoms with Crippen LogP contribution in [0.25, 0.3) is 11.3 Å². The summed E-state index contributed by atoms with van der Waals surface area (Å²) in [6.07, 6.45) is -3.72. The molecule has 38 heavy (non-hydrogen) atoms. The molecule has 9 nitrogen and oxygen atoms in total. The van der Waals surface area contributed by atoms with Gasteiger partial charge in [-0.15, -0.1) is 5.10 Å². The van der Waals surface area contributed by atoms with E-state index in [0.717, 1.165) is 5.56 Å². The number of hydrogen-bond acceptors (Lipinski definition) is 7. The molecule has 1 aromatic heterocycles. The van der Waals surface area contributed by atoms with Crippen molar-refractivity contribution in [3.63, 3.8) is 0 Å². The van der Waals surface area contributed by atoms with Gasteiger partial charge in [0.2, 0.25) is 0 Å². The molecular weight excluding hydrogens is 491 g/mol. The van der Waals surface area contributed by atoms with Crippen molar-refractivity contribution in [1.82, 2.24) is 19.9 Å². The molecule has 4 aromatic rings.